The summed E-state index contributed by atoms with van der Waals surface area (Å²) in [6, 6.07) is 0. The molecule has 0 amide bonds. The van der Waals surface area contributed by atoms with Crippen LogP contribution < -0.4 is 11.2 Å². The maximum atomic E-state index is 12.9. The minimum absolute atomic E-state index is 0.147. The fourth-order valence-corrected chi connectivity index (χ4v) is 6.79. The number of halogens is 1. The van der Waals surface area contributed by atoms with Crippen LogP contribution in [-0.4, -0.2) is 35.0 Å². The average Bonchev–Trinajstić information content (AvgIpc) is 2.91. The molecule has 0 saturated carbocycles. The van der Waals surface area contributed by atoms with Crippen LogP contribution in [0.1, 0.15) is 32.3 Å². The molecule has 152 valence electrons. The van der Waals surface area contributed by atoms with E-state index in [4.69, 9.17) is 8.85 Å². The van der Waals surface area contributed by atoms with E-state index in [1.807, 2.05) is 6.92 Å². The van der Waals surface area contributed by atoms with Crippen molar-refractivity contribution >= 4 is 57.0 Å². The van der Waals surface area contributed by atoms with Gasteiger partial charge in [0.15, 0.2) is 19.5 Å². The maximum Gasteiger partial charge on any atom is 0.331 e. The van der Waals surface area contributed by atoms with Crippen molar-refractivity contribution in [2.75, 3.05) is 0 Å². The predicted octanol–water partition coefficient (Wildman–Crippen LogP) is 2.26. The highest BCUT2D eigenvalue weighted by Gasteiger charge is 2.30. The van der Waals surface area contributed by atoms with E-state index >= 15 is 0 Å². The first-order valence-electron chi connectivity index (χ1n) is 9.27. The topological polar surface area (TPSA) is 62.5 Å². The number of rotatable bonds is 9. The lowest BCUT2D eigenvalue weighted by Gasteiger charge is -2.34. The molecule has 0 radical (unpaired) electrons. The number of hydrogen-bond donors (Lipinski definition) is 0. The van der Waals surface area contributed by atoms with Gasteiger partial charge in [-0.1, -0.05) is 26.9 Å². The van der Waals surface area contributed by atoms with E-state index < -0.39 is 19.5 Å². The van der Waals surface area contributed by atoms with Gasteiger partial charge in [-0.2, -0.15) is 0 Å². The first-order chi connectivity index (χ1) is 12.7. The van der Waals surface area contributed by atoms with E-state index in [-0.39, 0.29) is 23.0 Å². The van der Waals surface area contributed by atoms with Crippen LogP contribution in [0, 0.1) is 12.3 Å². The second-order valence-corrected chi connectivity index (χ2v) is 11.5. The summed E-state index contributed by atoms with van der Waals surface area (Å²) >= 11 is 4.91. The highest BCUT2D eigenvalue weighted by Crippen LogP contribution is 2.32. The second kappa shape index (κ2) is 9.31. The van der Waals surface area contributed by atoms with Crippen LogP contribution in [-0.2, 0) is 22.4 Å². The molecule has 0 N–H and O–H groups in total. The Morgan fingerprint density at radius 2 is 1.81 bits per heavy atom. The van der Waals surface area contributed by atoms with E-state index in [0.29, 0.717) is 16.8 Å². The van der Waals surface area contributed by atoms with Gasteiger partial charge < -0.3 is 8.85 Å². The van der Waals surface area contributed by atoms with E-state index in [2.05, 4.69) is 42.9 Å². The summed E-state index contributed by atoms with van der Waals surface area (Å²) < 4.78 is 15.6. The molecule has 0 saturated heterocycles. The SMILES string of the molecule is C[SiH2]OC(O[SiH2]C)C(C)(C)CCCn1c(=O)c2c(C)c(Br)sc2n(C)c1=O. The summed E-state index contributed by atoms with van der Waals surface area (Å²) in [4.78, 5) is 26.3. The first-order valence-corrected chi connectivity index (χ1v) is 14.9. The Bertz CT molecular complexity index is 916. The van der Waals surface area contributed by atoms with Gasteiger partial charge in [0.1, 0.15) is 11.1 Å². The van der Waals surface area contributed by atoms with Crippen molar-refractivity contribution in [3.05, 3.63) is 30.2 Å². The highest BCUT2D eigenvalue weighted by molar-refractivity contribution is 9.11. The van der Waals surface area contributed by atoms with Crippen molar-refractivity contribution in [2.24, 2.45) is 12.5 Å². The van der Waals surface area contributed by atoms with Gasteiger partial charge in [0, 0.05) is 19.0 Å². The summed E-state index contributed by atoms with van der Waals surface area (Å²) in [6.07, 6.45) is 1.36. The molecule has 0 aliphatic rings. The summed E-state index contributed by atoms with van der Waals surface area (Å²) in [7, 11) is 0.592. The molecule has 0 bridgehead atoms. The second-order valence-electron chi connectivity index (χ2n) is 7.31. The first kappa shape index (κ1) is 22.8. The number of hydrogen-bond acceptors (Lipinski definition) is 5. The lowest BCUT2D eigenvalue weighted by atomic mass is 9.87. The third-order valence-electron chi connectivity index (χ3n) is 4.83. The molecule has 2 aromatic heterocycles. The minimum Gasteiger partial charge on any atom is -0.400 e. The van der Waals surface area contributed by atoms with Crippen molar-refractivity contribution in [3.8, 4) is 0 Å². The Morgan fingerprint density at radius 1 is 1.22 bits per heavy atom. The Hall–Kier alpha value is -0.526. The van der Waals surface area contributed by atoms with Crippen molar-refractivity contribution in [1.29, 1.82) is 0 Å². The Morgan fingerprint density at radius 3 is 2.37 bits per heavy atom. The molecule has 0 aliphatic carbocycles. The minimum atomic E-state index is -0.566. The summed E-state index contributed by atoms with van der Waals surface area (Å²) in [5, 5.41) is 0.631. The van der Waals surface area contributed by atoms with Crippen LogP contribution >= 0.6 is 27.3 Å². The molecule has 0 aromatic carbocycles. The largest absolute Gasteiger partial charge is 0.400 e. The lowest BCUT2D eigenvalue weighted by Crippen LogP contribution is -2.40. The van der Waals surface area contributed by atoms with Crippen LogP contribution in [0.2, 0.25) is 13.1 Å². The zero-order chi connectivity index (χ0) is 20.4. The van der Waals surface area contributed by atoms with E-state index in [1.165, 1.54) is 15.9 Å². The third-order valence-corrected chi connectivity index (χ3v) is 8.34. The normalized spacial score (nSPS) is 14.3. The van der Waals surface area contributed by atoms with Gasteiger partial charge in [0.2, 0.25) is 0 Å². The van der Waals surface area contributed by atoms with Gasteiger partial charge in [-0.05, 0) is 41.3 Å². The maximum absolute atomic E-state index is 12.9. The summed E-state index contributed by atoms with van der Waals surface area (Å²) in [6.45, 7) is 10.8. The van der Waals surface area contributed by atoms with Crippen LogP contribution in [0.4, 0.5) is 0 Å². The molecule has 0 spiro atoms. The van der Waals surface area contributed by atoms with Gasteiger partial charge in [0.25, 0.3) is 5.56 Å². The van der Waals surface area contributed by atoms with Crippen LogP contribution in [0.3, 0.4) is 0 Å². The molecule has 2 aromatic rings. The quantitative estimate of drug-likeness (QED) is 0.397. The van der Waals surface area contributed by atoms with Gasteiger partial charge in [0.05, 0.1) is 9.17 Å². The molecule has 0 fully saturated rings. The number of nitrogens with zero attached hydrogens (tertiary/aromatic N) is 2. The highest BCUT2D eigenvalue weighted by atomic mass is 79.9. The zero-order valence-electron chi connectivity index (χ0n) is 16.9. The molecule has 2 heterocycles. The molecule has 27 heavy (non-hydrogen) atoms. The van der Waals surface area contributed by atoms with Crippen molar-refractivity contribution in [1.82, 2.24) is 9.13 Å². The van der Waals surface area contributed by atoms with Crippen molar-refractivity contribution < 1.29 is 8.85 Å². The van der Waals surface area contributed by atoms with Crippen LogP contribution in [0.15, 0.2) is 13.4 Å². The molecule has 10 heteroatoms. The van der Waals surface area contributed by atoms with Gasteiger partial charge in [-0.15, -0.1) is 11.3 Å². The Kier molecular flexibility index (Phi) is 7.85. The molecular weight excluding hydrogens is 464 g/mol. The van der Waals surface area contributed by atoms with Gasteiger partial charge >= 0.3 is 5.69 Å². The zero-order valence-corrected chi connectivity index (χ0v) is 22.2. The molecule has 0 unspecified atom stereocenters. The molecule has 0 atom stereocenters. The molecular formula is C17H29BrN2O4SSi2. The Labute approximate surface area is 176 Å². The average molecular weight is 494 g/mol. The van der Waals surface area contributed by atoms with E-state index in [1.54, 1.807) is 11.6 Å². The predicted molar refractivity (Wildman–Crippen MR) is 122 cm³/mol. The van der Waals surface area contributed by atoms with Gasteiger partial charge in [-0.3, -0.25) is 13.9 Å². The number of fused-ring (bicyclic) bond motifs is 1. The van der Waals surface area contributed by atoms with Crippen LogP contribution in [0.25, 0.3) is 10.2 Å². The number of aromatic nitrogens is 2. The van der Waals surface area contributed by atoms with Crippen molar-refractivity contribution in [2.45, 2.75) is 59.5 Å². The van der Waals surface area contributed by atoms with Gasteiger partial charge in [-0.25, -0.2) is 4.79 Å². The fourth-order valence-electron chi connectivity index (χ4n) is 3.26. The van der Waals surface area contributed by atoms with Crippen LogP contribution in [0.5, 0.6) is 0 Å². The standard InChI is InChI=1S/C17H29BrN2O4SSi2/c1-10-11-13(21)20(16(22)19(4)14(11)25-12(10)18)9-7-8-17(2,3)15(23-26-5)24-27-6/h15H,7-9,26-27H2,1-6H3. The fraction of sp³-hybridized carbons (Fsp3) is 0.647. The monoisotopic (exact) mass is 492 g/mol. The molecule has 6 nitrogen and oxygen atoms in total. The smallest absolute Gasteiger partial charge is 0.331 e. The number of thiophene rings is 1. The summed E-state index contributed by atoms with van der Waals surface area (Å²) in [5.74, 6) is 0. The van der Waals surface area contributed by atoms with Crippen molar-refractivity contribution in [3.63, 3.8) is 0 Å². The molecule has 2 rings (SSSR count). The molecule has 0 aliphatic heterocycles. The number of aryl methyl sites for hydroxylation is 2. The Balaban J connectivity index is 2.26. The lowest BCUT2D eigenvalue weighted by molar-refractivity contribution is -0.0829. The summed E-state index contributed by atoms with van der Waals surface area (Å²) in [5.41, 5.74) is 0.292. The van der Waals surface area contributed by atoms with E-state index in [9.17, 15) is 9.59 Å². The third kappa shape index (κ3) is 4.73. The van der Waals surface area contributed by atoms with E-state index in [0.717, 1.165) is 22.2 Å².